The van der Waals surface area contributed by atoms with E-state index >= 15 is 0 Å². The van der Waals surface area contributed by atoms with E-state index in [1.165, 1.54) is 11.1 Å². The molecule has 2 rings (SSSR count). The first-order chi connectivity index (χ1) is 8.40. The summed E-state index contributed by atoms with van der Waals surface area (Å²) in [7, 11) is 0. The van der Waals surface area contributed by atoms with Gasteiger partial charge in [0, 0.05) is 4.43 Å². The predicted octanol–water partition coefficient (Wildman–Crippen LogP) is 4.56. The van der Waals surface area contributed by atoms with Crippen LogP contribution in [-0.2, 0) is 0 Å². The van der Waals surface area contributed by atoms with Crippen LogP contribution in [0.1, 0.15) is 6.42 Å². The Hall–Kier alpha value is -1.03. The van der Waals surface area contributed by atoms with Gasteiger partial charge in [0.1, 0.15) is 5.75 Å². The summed E-state index contributed by atoms with van der Waals surface area (Å²) in [6.45, 7) is 0.799. The molecule has 0 aromatic heterocycles. The molecule has 0 spiro atoms. The lowest BCUT2D eigenvalue weighted by Gasteiger charge is -2.06. The van der Waals surface area contributed by atoms with Crippen molar-refractivity contribution in [3.8, 4) is 16.9 Å². The Morgan fingerprint density at radius 3 is 2.12 bits per heavy atom. The lowest BCUT2D eigenvalue weighted by Crippen LogP contribution is -1.97. The van der Waals surface area contributed by atoms with Gasteiger partial charge in [0.2, 0.25) is 0 Å². The van der Waals surface area contributed by atoms with Crippen molar-refractivity contribution in [1.82, 2.24) is 0 Å². The molecule has 2 aromatic rings. The summed E-state index contributed by atoms with van der Waals surface area (Å²) in [6, 6.07) is 18.7. The topological polar surface area (TPSA) is 9.23 Å². The molecule has 1 nitrogen and oxygen atoms in total. The van der Waals surface area contributed by atoms with Crippen LogP contribution in [0.2, 0.25) is 0 Å². The largest absolute Gasteiger partial charge is 0.494 e. The molecule has 0 bridgehead atoms. The fourth-order valence-corrected chi connectivity index (χ4v) is 1.93. The molecule has 0 fully saturated rings. The van der Waals surface area contributed by atoms with Gasteiger partial charge in [-0.25, -0.2) is 0 Å². The third-order valence-electron chi connectivity index (χ3n) is 2.51. The lowest BCUT2D eigenvalue weighted by atomic mass is 10.1. The van der Waals surface area contributed by atoms with Gasteiger partial charge in [-0.3, -0.25) is 0 Å². The van der Waals surface area contributed by atoms with Crippen molar-refractivity contribution in [2.45, 2.75) is 6.42 Å². The maximum atomic E-state index is 5.63. The van der Waals surface area contributed by atoms with E-state index in [0.717, 1.165) is 23.2 Å². The summed E-state index contributed by atoms with van der Waals surface area (Å²) in [5.74, 6) is 0.953. The molecule has 0 heterocycles. The zero-order valence-electron chi connectivity index (χ0n) is 9.60. The van der Waals surface area contributed by atoms with Crippen molar-refractivity contribution < 1.29 is 4.74 Å². The Balaban J connectivity index is 2.03. The fraction of sp³-hybridized carbons (Fsp3) is 0.200. The highest BCUT2D eigenvalue weighted by molar-refractivity contribution is 14.1. The molecule has 2 heteroatoms. The molecule has 17 heavy (non-hydrogen) atoms. The second kappa shape index (κ2) is 6.64. The van der Waals surface area contributed by atoms with Crippen LogP contribution in [0.4, 0.5) is 0 Å². The highest BCUT2D eigenvalue weighted by Crippen LogP contribution is 2.22. The summed E-state index contributed by atoms with van der Waals surface area (Å²) in [6.07, 6.45) is 1.10. The highest BCUT2D eigenvalue weighted by Gasteiger charge is 1.97. The molecule has 0 saturated carbocycles. The van der Waals surface area contributed by atoms with Gasteiger partial charge in [-0.2, -0.15) is 0 Å². The van der Waals surface area contributed by atoms with Crippen LogP contribution in [-0.4, -0.2) is 11.0 Å². The van der Waals surface area contributed by atoms with E-state index in [1.54, 1.807) is 0 Å². The number of hydrogen-bond acceptors (Lipinski definition) is 1. The van der Waals surface area contributed by atoms with Crippen LogP contribution >= 0.6 is 22.6 Å². The molecule has 0 atom stereocenters. The smallest absolute Gasteiger partial charge is 0.119 e. The maximum absolute atomic E-state index is 5.63. The molecule has 0 amide bonds. The molecule has 0 saturated heterocycles. The minimum atomic E-state index is 0.799. The van der Waals surface area contributed by atoms with E-state index in [2.05, 4.69) is 59.0 Å². The van der Waals surface area contributed by atoms with Gasteiger partial charge >= 0.3 is 0 Å². The molecule has 0 radical (unpaired) electrons. The Morgan fingerprint density at radius 1 is 0.824 bits per heavy atom. The van der Waals surface area contributed by atoms with E-state index < -0.39 is 0 Å². The maximum Gasteiger partial charge on any atom is 0.119 e. The van der Waals surface area contributed by atoms with E-state index in [9.17, 15) is 0 Å². The van der Waals surface area contributed by atoms with Gasteiger partial charge in [0.25, 0.3) is 0 Å². The third-order valence-corrected chi connectivity index (χ3v) is 3.27. The van der Waals surface area contributed by atoms with Crippen molar-refractivity contribution in [3.63, 3.8) is 0 Å². The average Bonchev–Trinajstić information content (AvgIpc) is 2.41. The number of benzene rings is 2. The molecular weight excluding hydrogens is 323 g/mol. The number of hydrogen-bond donors (Lipinski definition) is 0. The first kappa shape index (κ1) is 12.4. The van der Waals surface area contributed by atoms with Crippen LogP contribution in [0.25, 0.3) is 11.1 Å². The second-order valence-electron chi connectivity index (χ2n) is 3.78. The number of ether oxygens (including phenoxy) is 1. The van der Waals surface area contributed by atoms with E-state index in [-0.39, 0.29) is 0 Å². The first-order valence-corrected chi connectivity index (χ1v) is 7.27. The molecule has 0 aliphatic rings. The summed E-state index contributed by atoms with van der Waals surface area (Å²) in [4.78, 5) is 0. The van der Waals surface area contributed by atoms with Gasteiger partial charge in [0.15, 0.2) is 0 Å². The summed E-state index contributed by atoms with van der Waals surface area (Å²) in [5.41, 5.74) is 2.47. The van der Waals surface area contributed by atoms with Gasteiger partial charge < -0.3 is 4.74 Å². The van der Waals surface area contributed by atoms with Crippen molar-refractivity contribution >= 4 is 22.6 Å². The summed E-state index contributed by atoms with van der Waals surface area (Å²) < 4.78 is 6.77. The number of rotatable bonds is 5. The molecular formula is C15H15IO. The van der Waals surface area contributed by atoms with Crippen LogP contribution in [0.5, 0.6) is 5.75 Å². The highest BCUT2D eigenvalue weighted by atomic mass is 127. The number of halogens is 1. The average molecular weight is 338 g/mol. The zero-order valence-corrected chi connectivity index (χ0v) is 11.8. The van der Waals surface area contributed by atoms with Crippen molar-refractivity contribution in [2.75, 3.05) is 11.0 Å². The SMILES string of the molecule is ICCCOc1ccc(-c2ccccc2)cc1. The Morgan fingerprint density at radius 2 is 1.47 bits per heavy atom. The Labute approximate surface area is 116 Å². The van der Waals surface area contributed by atoms with E-state index in [1.807, 2.05) is 18.2 Å². The van der Waals surface area contributed by atoms with Crippen LogP contribution < -0.4 is 4.74 Å². The van der Waals surface area contributed by atoms with Gasteiger partial charge in [-0.15, -0.1) is 0 Å². The standard InChI is InChI=1S/C15H15IO/c16-11-4-12-17-15-9-7-14(8-10-15)13-5-2-1-3-6-13/h1-3,5-10H,4,11-12H2. The molecule has 0 N–H and O–H groups in total. The van der Waals surface area contributed by atoms with Crippen molar-refractivity contribution in [1.29, 1.82) is 0 Å². The second-order valence-corrected chi connectivity index (χ2v) is 4.86. The van der Waals surface area contributed by atoms with Crippen molar-refractivity contribution in [2.24, 2.45) is 0 Å². The molecule has 0 unspecified atom stereocenters. The summed E-state index contributed by atoms with van der Waals surface area (Å²) >= 11 is 2.36. The molecule has 2 aromatic carbocycles. The Bertz CT molecular complexity index is 436. The van der Waals surface area contributed by atoms with Crippen LogP contribution in [0, 0.1) is 0 Å². The third kappa shape index (κ3) is 3.73. The van der Waals surface area contributed by atoms with E-state index in [0.29, 0.717) is 0 Å². The van der Waals surface area contributed by atoms with Gasteiger partial charge in [-0.05, 0) is 29.7 Å². The quantitative estimate of drug-likeness (QED) is 0.441. The first-order valence-electron chi connectivity index (χ1n) is 5.74. The van der Waals surface area contributed by atoms with Gasteiger partial charge in [-0.1, -0.05) is 65.1 Å². The Kier molecular flexibility index (Phi) is 4.86. The van der Waals surface area contributed by atoms with Crippen molar-refractivity contribution in [3.05, 3.63) is 54.6 Å². The van der Waals surface area contributed by atoms with Gasteiger partial charge in [0.05, 0.1) is 6.61 Å². The molecule has 0 aliphatic carbocycles. The van der Waals surface area contributed by atoms with Crippen LogP contribution in [0.15, 0.2) is 54.6 Å². The molecule has 0 aliphatic heterocycles. The normalized spacial score (nSPS) is 10.2. The van der Waals surface area contributed by atoms with E-state index in [4.69, 9.17) is 4.74 Å². The predicted molar refractivity (Wildman–Crippen MR) is 80.9 cm³/mol. The fourth-order valence-electron chi connectivity index (χ4n) is 1.62. The lowest BCUT2D eigenvalue weighted by molar-refractivity contribution is 0.319. The number of alkyl halides is 1. The minimum Gasteiger partial charge on any atom is -0.494 e. The minimum absolute atomic E-state index is 0.799. The summed E-state index contributed by atoms with van der Waals surface area (Å²) in [5, 5.41) is 0. The monoisotopic (exact) mass is 338 g/mol. The van der Waals surface area contributed by atoms with Crippen LogP contribution in [0.3, 0.4) is 0 Å². The zero-order chi connectivity index (χ0) is 11.9. The molecule has 88 valence electrons.